The summed E-state index contributed by atoms with van der Waals surface area (Å²) in [5.74, 6) is -0.343. The number of nitrogens with two attached hydrogens (primary N) is 2. The Morgan fingerprint density at radius 2 is 1.34 bits per heavy atom. The first-order chi connectivity index (χ1) is 18.5. The predicted octanol–water partition coefficient (Wildman–Crippen LogP) is 3.82. The second kappa shape index (κ2) is 13.2. The van der Waals surface area contributed by atoms with Crippen LogP contribution in [0, 0.1) is 0 Å². The molecule has 0 aliphatic heterocycles. The zero-order valence-corrected chi connectivity index (χ0v) is 21.5. The highest BCUT2D eigenvalue weighted by Crippen LogP contribution is 2.17. The molecule has 0 unspecified atom stereocenters. The second-order valence-electron chi connectivity index (χ2n) is 9.47. The molecule has 0 heterocycles. The normalized spacial score (nSPS) is 11.7. The van der Waals surface area contributed by atoms with Crippen molar-refractivity contribution in [1.29, 1.82) is 0 Å². The molecule has 2 amide bonds. The molecule has 7 heteroatoms. The van der Waals surface area contributed by atoms with E-state index in [1.54, 1.807) is 0 Å². The van der Waals surface area contributed by atoms with Gasteiger partial charge in [0.2, 0.25) is 11.8 Å². The van der Waals surface area contributed by atoms with Gasteiger partial charge in [0.05, 0.1) is 0 Å². The summed E-state index contributed by atoms with van der Waals surface area (Å²) in [4.78, 5) is 29.8. The zero-order valence-electron chi connectivity index (χ0n) is 21.5. The number of amides is 2. The minimum Gasteiger partial charge on any atom is -0.370 e. The smallest absolute Gasteiger partial charge is 0.242 e. The Labute approximate surface area is 223 Å². The molecular weight excluding hydrogens is 474 g/mol. The molecule has 0 aromatic heterocycles. The summed E-state index contributed by atoms with van der Waals surface area (Å²) in [6.45, 7) is 0.880. The van der Waals surface area contributed by atoms with Gasteiger partial charge in [-0.15, -0.1) is 0 Å². The Balaban J connectivity index is 1.31. The van der Waals surface area contributed by atoms with Gasteiger partial charge in [0, 0.05) is 19.5 Å². The number of carbonyl (C=O) groups is 2. The van der Waals surface area contributed by atoms with E-state index in [1.165, 1.54) is 16.2 Å². The van der Waals surface area contributed by atoms with Gasteiger partial charge < -0.3 is 22.1 Å². The fourth-order valence-corrected chi connectivity index (χ4v) is 4.54. The first kappa shape index (κ1) is 26.7. The van der Waals surface area contributed by atoms with Crippen molar-refractivity contribution in [2.45, 2.75) is 38.1 Å². The van der Waals surface area contributed by atoms with Crippen molar-refractivity contribution in [2.75, 3.05) is 13.1 Å². The number of fused-ring (bicyclic) bond motifs is 2. The van der Waals surface area contributed by atoms with Crippen LogP contribution in [0.4, 0.5) is 0 Å². The number of carbonyl (C=O) groups excluding carboxylic acids is 2. The molecule has 1 atom stereocenters. The third kappa shape index (κ3) is 7.80. The van der Waals surface area contributed by atoms with Gasteiger partial charge in [0.25, 0.3) is 0 Å². The lowest BCUT2D eigenvalue weighted by atomic mass is 10.0. The number of aryl methyl sites for hydroxylation is 1. The van der Waals surface area contributed by atoms with Crippen LogP contribution in [0.1, 0.15) is 30.4 Å². The SMILES string of the molecule is NC(N)=NCCC[C@H](NC(=O)CCc1ccc2ccccc2c1)C(=O)NCCc1ccc2ccccc2c1. The summed E-state index contributed by atoms with van der Waals surface area (Å²) in [5, 5.41) is 10.6. The van der Waals surface area contributed by atoms with Gasteiger partial charge in [0.15, 0.2) is 5.96 Å². The summed E-state index contributed by atoms with van der Waals surface area (Å²) in [7, 11) is 0. The van der Waals surface area contributed by atoms with Crippen LogP contribution in [-0.2, 0) is 22.4 Å². The van der Waals surface area contributed by atoms with Gasteiger partial charge in [-0.25, -0.2) is 0 Å². The highest BCUT2D eigenvalue weighted by Gasteiger charge is 2.20. The standard InChI is InChI=1S/C31H35N5O2/c32-31(33)35-18-5-10-28(30(38)34-19-17-23-12-15-25-7-2-4-9-27(25)21-23)36-29(37)16-13-22-11-14-24-6-1-3-8-26(24)20-22/h1-4,6-9,11-12,14-15,20-21,28H,5,10,13,16-19H2,(H,34,38)(H,36,37)(H4,32,33,35)/t28-/m0/s1. The third-order valence-electron chi connectivity index (χ3n) is 6.58. The van der Waals surface area contributed by atoms with E-state index in [0.29, 0.717) is 45.2 Å². The van der Waals surface area contributed by atoms with Crippen molar-refractivity contribution in [3.8, 4) is 0 Å². The molecule has 196 valence electrons. The topological polar surface area (TPSA) is 123 Å². The van der Waals surface area contributed by atoms with Gasteiger partial charge in [-0.05, 0) is 58.4 Å². The van der Waals surface area contributed by atoms with Gasteiger partial charge >= 0.3 is 0 Å². The molecule has 0 spiro atoms. The molecule has 38 heavy (non-hydrogen) atoms. The van der Waals surface area contributed by atoms with E-state index in [-0.39, 0.29) is 17.8 Å². The van der Waals surface area contributed by atoms with Crippen LogP contribution in [0.5, 0.6) is 0 Å². The Kier molecular flexibility index (Phi) is 9.29. The summed E-state index contributed by atoms with van der Waals surface area (Å²) in [5.41, 5.74) is 13.1. The zero-order chi connectivity index (χ0) is 26.7. The van der Waals surface area contributed by atoms with E-state index in [4.69, 9.17) is 11.5 Å². The van der Waals surface area contributed by atoms with Crippen molar-refractivity contribution in [2.24, 2.45) is 16.5 Å². The summed E-state index contributed by atoms with van der Waals surface area (Å²) in [6, 6.07) is 28.2. The fraction of sp³-hybridized carbons (Fsp3) is 0.258. The Morgan fingerprint density at radius 1 is 0.763 bits per heavy atom. The molecule has 0 bridgehead atoms. The number of hydrogen-bond donors (Lipinski definition) is 4. The van der Waals surface area contributed by atoms with E-state index in [0.717, 1.165) is 16.5 Å². The summed E-state index contributed by atoms with van der Waals surface area (Å²) in [6.07, 6.45) is 2.62. The van der Waals surface area contributed by atoms with Crippen molar-refractivity contribution < 1.29 is 9.59 Å². The number of nitrogens with zero attached hydrogens (tertiary/aromatic N) is 1. The maximum absolute atomic E-state index is 13.0. The Bertz CT molecular complexity index is 1430. The number of guanidine groups is 1. The van der Waals surface area contributed by atoms with E-state index < -0.39 is 6.04 Å². The molecule has 4 rings (SSSR count). The largest absolute Gasteiger partial charge is 0.370 e. The summed E-state index contributed by atoms with van der Waals surface area (Å²) >= 11 is 0. The molecule has 0 fully saturated rings. The van der Waals surface area contributed by atoms with E-state index in [2.05, 4.69) is 70.2 Å². The Morgan fingerprint density at radius 3 is 1.95 bits per heavy atom. The van der Waals surface area contributed by atoms with Crippen LogP contribution in [0.25, 0.3) is 21.5 Å². The van der Waals surface area contributed by atoms with Crippen LogP contribution in [0.15, 0.2) is 89.9 Å². The average Bonchev–Trinajstić information content (AvgIpc) is 2.93. The molecule has 7 nitrogen and oxygen atoms in total. The van der Waals surface area contributed by atoms with Crippen LogP contribution < -0.4 is 22.1 Å². The predicted molar refractivity (Wildman–Crippen MR) is 155 cm³/mol. The molecular formula is C31H35N5O2. The van der Waals surface area contributed by atoms with E-state index in [1.807, 2.05) is 30.3 Å². The molecule has 0 saturated carbocycles. The first-order valence-electron chi connectivity index (χ1n) is 13.1. The molecule has 0 aliphatic carbocycles. The number of rotatable bonds is 12. The molecule has 4 aromatic carbocycles. The number of nitrogens with one attached hydrogen (secondary N) is 2. The minimum absolute atomic E-state index is 0.0146. The van der Waals surface area contributed by atoms with Crippen LogP contribution in [0.2, 0.25) is 0 Å². The Hall–Kier alpha value is -4.39. The van der Waals surface area contributed by atoms with Crippen LogP contribution in [0.3, 0.4) is 0 Å². The molecule has 0 aliphatic rings. The van der Waals surface area contributed by atoms with Crippen molar-refractivity contribution in [3.05, 3.63) is 96.1 Å². The average molecular weight is 510 g/mol. The molecule has 6 N–H and O–H groups in total. The van der Waals surface area contributed by atoms with Gasteiger partial charge in [-0.3, -0.25) is 14.6 Å². The molecule has 0 saturated heterocycles. The number of hydrogen-bond acceptors (Lipinski definition) is 3. The second-order valence-corrected chi connectivity index (χ2v) is 9.47. The number of aliphatic imine (C=N–C) groups is 1. The van der Waals surface area contributed by atoms with Crippen LogP contribution >= 0.6 is 0 Å². The molecule has 0 radical (unpaired) electrons. The van der Waals surface area contributed by atoms with Crippen molar-refractivity contribution >= 4 is 39.3 Å². The maximum atomic E-state index is 13.0. The van der Waals surface area contributed by atoms with E-state index in [9.17, 15) is 9.59 Å². The number of benzene rings is 4. The van der Waals surface area contributed by atoms with Crippen molar-refractivity contribution in [3.63, 3.8) is 0 Å². The lowest BCUT2D eigenvalue weighted by molar-refractivity contribution is -0.129. The van der Waals surface area contributed by atoms with Crippen molar-refractivity contribution in [1.82, 2.24) is 10.6 Å². The maximum Gasteiger partial charge on any atom is 0.242 e. The highest BCUT2D eigenvalue weighted by molar-refractivity contribution is 5.88. The summed E-state index contributed by atoms with van der Waals surface area (Å²) < 4.78 is 0. The van der Waals surface area contributed by atoms with Crippen LogP contribution in [-0.4, -0.2) is 36.9 Å². The highest BCUT2D eigenvalue weighted by atomic mass is 16.2. The fourth-order valence-electron chi connectivity index (χ4n) is 4.54. The lowest BCUT2D eigenvalue weighted by Crippen LogP contribution is -2.47. The minimum atomic E-state index is -0.648. The van der Waals surface area contributed by atoms with Gasteiger partial charge in [0.1, 0.15) is 6.04 Å². The monoisotopic (exact) mass is 509 g/mol. The van der Waals surface area contributed by atoms with Gasteiger partial charge in [-0.2, -0.15) is 0 Å². The van der Waals surface area contributed by atoms with Gasteiger partial charge in [-0.1, -0.05) is 84.9 Å². The lowest BCUT2D eigenvalue weighted by Gasteiger charge is -2.18. The van der Waals surface area contributed by atoms with E-state index >= 15 is 0 Å². The quantitative estimate of drug-likeness (QED) is 0.132. The first-order valence-corrected chi connectivity index (χ1v) is 13.1. The third-order valence-corrected chi connectivity index (χ3v) is 6.58. The molecule has 4 aromatic rings.